The maximum Gasteiger partial charge on any atom is 0.214 e. The van der Waals surface area contributed by atoms with Crippen molar-refractivity contribution in [3.8, 4) is 11.3 Å². The van der Waals surface area contributed by atoms with Gasteiger partial charge in [0.15, 0.2) is 0 Å². The third-order valence-corrected chi connectivity index (χ3v) is 5.41. The Morgan fingerprint density at radius 1 is 1.21 bits per heavy atom. The number of H-pyrrole nitrogens is 1. The van der Waals surface area contributed by atoms with Gasteiger partial charge in [0.1, 0.15) is 12.1 Å². The molecule has 2 N–H and O–H groups in total. The number of rotatable bonds is 7. The highest BCUT2D eigenvalue weighted by molar-refractivity contribution is 5.96. The summed E-state index contributed by atoms with van der Waals surface area (Å²) in [5.74, 6) is -0.0784. The zero-order valence-corrected chi connectivity index (χ0v) is 15.3. The molecule has 1 amide bonds. The van der Waals surface area contributed by atoms with E-state index in [2.05, 4.69) is 15.5 Å². The molecule has 1 fully saturated rings. The maximum absolute atomic E-state index is 13.3. The molecule has 0 saturated carbocycles. The van der Waals surface area contributed by atoms with Crippen LogP contribution in [0.25, 0.3) is 22.2 Å². The molecule has 2 heterocycles. The third-order valence-electron chi connectivity index (χ3n) is 5.41. The first-order valence-electron chi connectivity index (χ1n) is 9.33. The molecule has 2 atom stereocenters. The fraction of sp³-hybridized carbons (Fsp3) is 0.286. The quantitative estimate of drug-likeness (QED) is 0.618. The van der Waals surface area contributed by atoms with Gasteiger partial charge in [0.05, 0.1) is 11.2 Å². The van der Waals surface area contributed by atoms with Crippen LogP contribution in [0.15, 0.2) is 42.5 Å². The first-order chi connectivity index (χ1) is 13.7. The number of amides is 1. The van der Waals surface area contributed by atoms with Crippen LogP contribution in [0.3, 0.4) is 0 Å². The SMILES string of the molecule is O=CCC(C1CCNC1)N(C=O)c1ccc2[nH]nc(-c3ccc(F)cc3)c2c1. The van der Waals surface area contributed by atoms with Crippen LogP contribution in [-0.2, 0) is 9.59 Å². The van der Waals surface area contributed by atoms with E-state index in [-0.39, 0.29) is 17.8 Å². The molecule has 0 bridgehead atoms. The number of anilines is 1. The van der Waals surface area contributed by atoms with E-state index in [0.717, 1.165) is 48.7 Å². The van der Waals surface area contributed by atoms with Gasteiger partial charge in [-0.2, -0.15) is 5.10 Å². The Morgan fingerprint density at radius 3 is 2.71 bits per heavy atom. The van der Waals surface area contributed by atoms with Crippen molar-refractivity contribution in [2.45, 2.75) is 18.9 Å². The monoisotopic (exact) mass is 380 g/mol. The molecule has 4 rings (SSSR count). The average molecular weight is 380 g/mol. The topological polar surface area (TPSA) is 78.1 Å². The van der Waals surface area contributed by atoms with Crippen LogP contribution in [0.1, 0.15) is 12.8 Å². The van der Waals surface area contributed by atoms with Crippen LogP contribution >= 0.6 is 0 Å². The number of aldehydes is 1. The lowest BCUT2D eigenvalue weighted by atomic mass is 9.94. The van der Waals surface area contributed by atoms with Gasteiger partial charge < -0.3 is 15.0 Å². The molecular weight excluding hydrogens is 359 g/mol. The van der Waals surface area contributed by atoms with Gasteiger partial charge in [0.25, 0.3) is 0 Å². The average Bonchev–Trinajstić information content (AvgIpc) is 3.38. The molecule has 1 saturated heterocycles. The molecule has 2 unspecified atom stereocenters. The Hall–Kier alpha value is -3.06. The number of fused-ring (bicyclic) bond motifs is 1. The predicted molar refractivity (Wildman–Crippen MR) is 105 cm³/mol. The zero-order valence-electron chi connectivity index (χ0n) is 15.3. The summed E-state index contributed by atoms with van der Waals surface area (Å²) in [6, 6.07) is 11.6. The number of hydrogen-bond acceptors (Lipinski definition) is 4. The number of carbonyl (C=O) groups excluding carboxylic acids is 2. The Bertz CT molecular complexity index is 980. The number of benzene rings is 2. The molecule has 0 spiro atoms. The largest absolute Gasteiger partial charge is 0.316 e. The highest BCUT2D eigenvalue weighted by atomic mass is 19.1. The molecule has 28 heavy (non-hydrogen) atoms. The second-order valence-corrected chi connectivity index (χ2v) is 7.04. The van der Waals surface area contributed by atoms with Crippen LogP contribution in [0.4, 0.5) is 10.1 Å². The van der Waals surface area contributed by atoms with E-state index < -0.39 is 0 Å². The van der Waals surface area contributed by atoms with Crippen molar-refractivity contribution in [3.63, 3.8) is 0 Å². The number of nitrogens with zero attached hydrogens (tertiary/aromatic N) is 2. The number of hydrogen-bond donors (Lipinski definition) is 2. The highest BCUT2D eigenvalue weighted by Crippen LogP contribution is 2.32. The number of carbonyl (C=O) groups is 2. The summed E-state index contributed by atoms with van der Waals surface area (Å²) in [7, 11) is 0. The van der Waals surface area contributed by atoms with Crippen LogP contribution < -0.4 is 10.2 Å². The minimum atomic E-state index is -0.307. The second kappa shape index (κ2) is 7.90. The molecule has 2 aromatic carbocycles. The summed E-state index contributed by atoms with van der Waals surface area (Å²) in [6.45, 7) is 1.68. The Kier molecular flexibility index (Phi) is 5.16. The Morgan fingerprint density at radius 2 is 2.04 bits per heavy atom. The van der Waals surface area contributed by atoms with Crippen molar-refractivity contribution >= 4 is 29.3 Å². The normalized spacial score (nSPS) is 17.5. The van der Waals surface area contributed by atoms with Gasteiger partial charge in [-0.05, 0) is 67.9 Å². The van der Waals surface area contributed by atoms with Crippen molar-refractivity contribution in [1.82, 2.24) is 15.5 Å². The fourth-order valence-electron chi connectivity index (χ4n) is 3.96. The minimum absolute atomic E-state index is 0.191. The summed E-state index contributed by atoms with van der Waals surface area (Å²) in [5.41, 5.74) is 3.01. The van der Waals surface area contributed by atoms with Gasteiger partial charge in [-0.1, -0.05) is 0 Å². The Labute approximate surface area is 161 Å². The van der Waals surface area contributed by atoms with E-state index in [9.17, 15) is 14.0 Å². The van der Waals surface area contributed by atoms with Crippen LogP contribution in [0, 0.1) is 11.7 Å². The molecule has 1 aliphatic rings. The van der Waals surface area contributed by atoms with Crippen LogP contribution in [0.5, 0.6) is 0 Å². The summed E-state index contributed by atoms with van der Waals surface area (Å²) in [6.07, 6.45) is 2.89. The number of halogens is 1. The van der Waals surface area contributed by atoms with Gasteiger partial charge in [-0.15, -0.1) is 0 Å². The van der Waals surface area contributed by atoms with Gasteiger partial charge >= 0.3 is 0 Å². The van der Waals surface area contributed by atoms with Crippen molar-refractivity contribution in [3.05, 3.63) is 48.3 Å². The van der Waals surface area contributed by atoms with Crippen molar-refractivity contribution in [2.75, 3.05) is 18.0 Å². The summed E-state index contributed by atoms with van der Waals surface area (Å²) < 4.78 is 13.3. The second-order valence-electron chi connectivity index (χ2n) is 7.04. The third kappa shape index (κ3) is 3.41. The van der Waals surface area contributed by atoms with Crippen LogP contribution in [0.2, 0.25) is 0 Å². The minimum Gasteiger partial charge on any atom is -0.316 e. The zero-order chi connectivity index (χ0) is 19.5. The summed E-state index contributed by atoms with van der Waals surface area (Å²) >= 11 is 0. The molecular formula is C21H21FN4O2. The molecule has 7 heteroatoms. The summed E-state index contributed by atoms with van der Waals surface area (Å²) in [4.78, 5) is 24.9. The molecule has 0 aliphatic carbocycles. The van der Waals surface area contributed by atoms with Crippen molar-refractivity contribution in [2.24, 2.45) is 5.92 Å². The Balaban J connectivity index is 1.74. The van der Waals surface area contributed by atoms with E-state index in [4.69, 9.17) is 0 Å². The molecule has 3 aromatic rings. The predicted octanol–water partition coefficient (Wildman–Crippen LogP) is 2.90. The molecule has 1 aromatic heterocycles. The lowest BCUT2D eigenvalue weighted by molar-refractivity contribution is -0.109. The first-order valence-corrected chi connectivity index (χ1v) is 9.33. The van der Waals surface area contributed by atoms with E-state index in [1.165, 1.54) is 12.1 Å². The highest BCUT2D eigenvalue weighted by Gasteiger charge is 2.30. The fourth-order valence-corrected chi connectivity index (χ4v) is 3.96. The lowest BCUT2D eigenvalue weighted by Gasteiger charge is -2.31. The van der Waals surface area contributed by atoms with Gasteiger partial charge in [0.2, 0.25) is 6.41 Å². The molecule has 1 aliphatic heterocycles. The van der Waals surface area contributed by atoms with Crippen LogP contribution in [-0.4, -0.2) is 42.0 Å². The number of aromatic amines is 1. The number of nitrogens with one attached hydrogen (secondary N) is 2. The van der Waals surface area contributed by atoms with E-state index in [1.54, 1.807) is 17.0 Å². The lowest BCUT2D eigenvalue weighted by Crippen LogP contribution is -2.41. The smallest absolute Gasteiger partial charge is 0.214 e. The number of aromatic nitrogens is 2. The standard InChI is InChI=1S/C21H21FN4O2/c22-16-3-1-14(2-4-16)21-18-11-17(5-6-19(18)24-25-21)26(13-28)20(8-10-27)15-7-9-23-12-15/h1-6,10-11,13,15,20,23H,7-9,12H2,(H,24,25). The van der Waals surface area contributed by atoms with E-state index in [1.807, 2.05) is 18.2 Å². The molecule has 144 valence electrons. The van der Waals surface area contributed by atoms with E-state index >= 15 is 0 Å². The maximum atomic E-state index is 13.3. The molecule has 0 radical (unpaired) electrons. The molecule has 6 nitrogen and oxygen atoms in total. The van der Waals surface area contributed by atoms with E-state index in [0.29, 0.717) is 17.8 Å². The van der Waals surface area contributed by atoms with Gasteiger partial charge in [-0.3, -0.25) is 9.89 Å². The first kappa shape index (κ1) is 18.3. The summed E-state index contributed by atoms with van der Waals surface area (Å²) in [5, 5.41) is 11.5. The van der Waals surface area contributed by atoms with Crippen molar-refractivity contribution < 1.29 is 14.0 Å². The van der Waals surface area contributed by atoms with Crippen molar-refractivity contribution in [1.29, 1.82) is 0 Å². The van der Waals surface area contributed by atoms with Gasteiger partial charge in [-0.25, -0.2) is 4.39 Å². The van der Waals surface area contributed by atoms with Gasteiger partial charge in [0, 0.05) is 29.1 Å².